The van der Waals surface area contributed by atoms with Crippen molar-refractivity contribution >= 4 is 41.3 Å². The summed E-state index contributed by atoms with van der Waals surface area (Å²) in [6, 6.07) is 13.7. The molecule has 9 nitrogen and oxygen atoms in total. The lowest BCUT2D eigenvalue weighted by atomic mass is 10.1. The van der Waals surface area contributed by atoms with Gasteiger partial charge in [-0.05, 0) is 38.1 Å². The maximum Gasteiger partial charge on any atom is 0.339 e. The highest BCUT2D eigenvalue weighted by molar-refractivity contribution is 8.00. The third kappa shape index (κ3) is 6.85. The Kier molecular flexibility index (Phi) is 8.69. The molecular formula is C24H25N3O6S. The molecule has 178 valence electrons. The topological polar surface area (TPSA) is 123 Å². The van der Waals surface area contributed by atoms with Crippen LogP contribution in [-0.4, -0.2) is 49.4 Å². The van der Waals surface area contributed by atoms with Crippen LogP contribution in [0.25, 0.3) is 0 Å². The van der Waals surface area contributed by atoms with Crippen LogP contribution >= 0.6 is 11.8 Å². The normalized spacial score (nSPS) is 12.9. The molecule has 1 aliphatic heterocycles. The summed E-state index contributed by atoms with van der Waals surface area (Å²) in [6.07, 6.45) is 0. The first-order valence-corrected chi connectivity index (χ1v) is 11.6. The largest absolute Gasteiger partial charge is 0.463 e. The van der Waals surface area contributed by atoms with Crippen LogP contribution in [0.1, 0.15) is 22.8 Å². The molecule has 0 atom stereocenters. The molecule has 3 N–H and O–H groups in total. The molecular weight excluding hydrogens is 458 g/mol. The molecule has 0 bridgehead atoms. The predicted octanol–water partition coefficient (Wildman–Crippen LogP) is 3.01. The molecule has 0 aromatic heterocycles. The molecule has 0 saturated carbocycles. The van der Waals surface area contributed by atoms with Crippen LogP contribution in [0.4, 0.5) is 10.5 Å². The lowest BCUT2D eigenvalue weighted by molar-refractivity contribution is -0.138. The first kappa shape index (κ1) is 24.8. The van der Waals surface area contributed by atoms with E-state index < -0.39 is 18.0 Å². The van der Waals surface area contributed by atoms with Gasteiger partial charge in [0.25, 0.3) is 0 Å². The quantitative estimate of drug-likeness (QED) is 0.370. The Morgan fingerprint density at radius 2 is 1.76 bits per heavy atom. The summed E-state index contributed by atoms with van der Waals surface area (Å²) in [4.78, 5) is 49.5. The summed E-state index contributed by atoms with van der Waals surface area (Å²) in [5, 5.41) is 7.79. The lowest BCUT2D eigenvalue weighted by Gasteiger charge is -2.21. The van der Waals surface area contributed by atoms with E-state index in [1.807, 2.05) is 31.2 Å². The van der Waals surface area contributed by atoms with E-state index in [-0.39, 0.29) is 48.3 Å². The Hall–Kier alpha value is -3.79. The molecule has 34 heavy (non-hydrogen) atoms. The molecule has 1 aliphatic rings. The first-order valence-electron chi connectivity index (χ1n) is 10.6. The Morgan fingerprint density at radius 3 is 2.50 bits per heavy atom. The maximum atomic E-state index is 12.8. The minimum atomic E-state index is -0.648. The Balaban J connectivity index is 1.63. The average Bonchev–Trinajstić information content (AvgIpc) is 2.83. The van der Waals surface area contributed by atoms with E-state index in [2.05, 4.69) is 16.0 Å². The van der Waals surface area contributed by atoms with Gasteiger partial charge in [-0.3, -0.25) is 4.79 Å². The Labute approximate surface area is 201 Å². The molecule has 0 saturated heterocycles. The van der Waals surface area contributed by atoms with Crippen molar-refractivity contribution in [2.75, 3.05) is 30.8 Å². The van der Waals surface area contributed by atoms with Gasteiger partial charge in [0.1, 0.15) is 6.61 Å². The van der Waals surface area contributed by atoms with Gasteiger partial charge in [0, 0.05) is 10.6 Å². The smallest absolute Gasteiger partial charge is 0.339 e. The van der Waals surface area contributed by atoms with Crippen molar-refractivity contribution in [1.82, 2.24) is 10.6 Å². The molecule has 0 unspecified atom stereocenters. The van der Waals surface area contributed by atoms with Gasteiger partial charge in [0.2, 0.25) is 5.91 Å². The highest BCUT2D eigenvalue weighted by atomic mass is 32.2. The zero-order valence-electron chi connectivity index (χ0n) is 18.8. The molecule has 1 heterocycles. The van der Waals surface area contributed by atoms with E-state index in [0.29, 0.717) is 10.6 Å². The zero-order valence-corrected chi connectivity index (χ0v) is 19.6. The standard InChI is InChI=1S/C24H25N3O6S/c1-3-32-23(30)18-12-25-24(31)27-19(18)13-33-22(29)17-6-4-5-7-20(17)34-14-21(28)26-16-10-8-15(2)9-11-16/h4-11H,3,12-14H2,1-2H3,(H,26,28)(H2,25,27,31). The van der Waals surface area contributed by atoms with Crippen LogP contribution in [0, 0.1) is 6.92 Å². The third-order valence-corrected chi connectivity index (χ3v) is 5.80. The van der Waals surface area contributed by atoms with Gasteiger partial charge in [0.05, 0.1) is 35.7 Å². The van der Waals surface area contributed by atoms with Crippen LogP contribution in [0.3, 0.4) is 0 Å². The monoisotopic (exact) mass is 483 g/mol. The second kappa shape index (κ2) is 11.9. The van der Waals surface area contributed by atoms with Gasteiger partial charge >= 0.3 is 18.0 Å². The highest BCUT2D eigenvalue weighted by Gasteiger charge is 2.25. The van der Waals surface area contributed by atoms with Crippen LogP contribution in [0.2, 0.25) is 0 Å². The molecule has 3 rings (SSSR count). The Bertz CT molecular complexity index is 1110. The molecule has 0 radical (unpaired) electrons. The van der Waals surface area contributed by atoms with Crippen LogP contribution < -0.4 is 16.0 Å². The number of amides is 3. The number of hydrogen-bond acceptors (Lipinski definition) is 7. The number of rotatable bonds is 9. The molecule has 2 aromatic carbocycles. The number of ether oxygens (including phenoxy) is 2. The minimum Gasteiger partial charge on any atom is -0.463 e. The first-order chi connectivity index (χ1) is 16.4. The van der Waals surface area contributed by atoms with Gasteiger partial charge in [-0.1, -0.05) is 29.8 Å². The second-order valence-electron chi connectivity index (χ2n) is 7.26. The Morgan fingerprint density at radius 1 is 1.03 bits per heavy atom. The second-order valence-corrected chi connectivity index (χ2v) is 8.28. The number of aryl methyl sites for hydroxylation is 1. The van der Waals surface area contributed by atoms with Crippen molar-refractivity contribution in [2.24, 2.45) is 0 Å². The molecule has 0 spiro atoms. The fourth-order valence-corrected chi connectivity index (χ4v) is 3.86. The van der Waals surface area contributed by atoms with Crippen molar-refractivity contribution in [3.8, 4) is 0 Å². The number of esters is 2. The number of hydrogen-bond donors (Lipinski definition) is 3. The lowest BCUT2D eigenvalue weighted by Crippen LogP contribution is -2.45. The van der Waals surface area contributed by atoms with Crippen molar-refractivity contribution in [2.45, 2.75) is 18.7 Å². The SMILES string of the molecule is CCOC(=O)C1=C(COC(=O)c2ccccc2SCC(=O)Nc2ccc(C)cc2)NC(=O)NC1. The number of carbonyl (C=O) groups is 4. The number of anilines is 1. The molecule has 2 aromatic rings. The summed E-state index contributed by atoms with van der Waals surface area (Å²) >= 11 is 1.20. The summed E-state index contributed by atoms with van der Waals surface area (Å²) in [5.74, 6) is -1.36. The molecule has 0 fully saturated rings. The van der Waals surface area contributed by atoms with Crippen LogP contribution in [-0.2, 0) is 19.1 Å². The van der Waals surface area contributed by atoms with E-state index in [1.54, 1.807) is 31.2 Å². The van der Waals surface area contributed by atoms with Gasteiger partial charge < -0.3 is 25.4 Å². The number of carbonyl (C=O) groups excluding carboxylic acids is 4. The van der Waals surface area contributed by atoms with E-state index in [9.17, 15) is 19.2 Å². The molecule has 0 aliphatic carbocycles. The van der Waals surface area contributed by atoms with Crippen LogP contribution in [0.5, 0.6) is 0 Å². The van der Waals surface area contributed by atoms with Crippen molar-refractivity contribution in [3.63, 3.8) is 0 Å². The van der Waals surface area contributed by atoms with E-state index in [0.717, 1.165) is 5.56 Å². The zero-order chi connectivity index (χ0) is 24.5. The highest BCUT2D eigenvalue weighted by Crippen LogP contribution is 2.24. The molecule has 10 heteroatoms. The summed E-state index contributed by atoms with van der Waals surface area (Å²) < 4.78 is 10.4. The van der Waals surface area contributed by atoms with Crippen molar-refractivity contribution in [1.29, 1.82) is 0 Å². The molecule has 3 amide bonds. The number of urea groups is 1. The fraction of sp³-hybridized carbons (Fsp3) is 0.250. The maximum absolute atomic E-state index is 12.8. The number of benzene rings is 2. The van der Waals surface area contributed by atoms with Crippen LogP contribution in [0.15, 0.2) is 64.7 Å². The summed E-state index contributed by atoms with van der Waals surface area (Å²) in [5.41, 5.74) is 2.41. The van der Waals surface area contributed by atoms with Gasteiger partial charge in [-0.25, -0.2) is 14.4 Å². The summed E-state index contributed by atoms with van der Waals surface area (Å²) in [7, 11) is 0. The fourth-order valence-electron chi connectivity index (χ4n) is 3.02. The van der Waals surface area contributed by atoms with Gasteiger partial charge in [-0.15, -0.1) is 11.8 Å². The van der Waals surface area contributed by atoms with E-state index >= 15 is 0 Å². The van der Waals surface area contributed by atoms with E-state index in [1.165, 1.54) is 11.8 Å². The van der Waals surface area contributed by atoms with E-state index in [4.69, 9.17) is 9.47 Å². The average molecular weight is 484 g/mol. The number of nitrogens with one attached hydrogen (secondary N) is 3. The van der Waals surface area contributed by atoms with Crippen molar-refractivity contribution in [3.05, 3.63) is 70.9 Å². The summed E-state index contributed by atoms with van der Waals surface area (Å²) in [6.45, 7) is 3.46. The predicted molar refractivity (Wildman–Crippen MR) is 127 cm³/mol. The minimum absolute atomic E-state index is 0.0277. The van der Waals surface area contributed by atoms with Gasteiger partial charge in [-0.2, -0.15) is 0 Å². The van der Waals surface area contributed by atoms with Crippen molar-refractivity contribution < 1.29 is 28.7 Å². The van der Waals surface area contributed by atoms with Gasteiger partial charge in [0.15, 0.2) is 0 Å². The number of thioether (sulfide) groups is 1. The third-order valence-electron chi connectivity index (χ3n) is 4.72.